The predicted molar refractivity (Wildman–Crippen MR) is 120 cm³/mol. The van der Waals surface area contributed by atoms with Crippen molar-refractivity contribution >= 4 is 44.3 Å². The van der Waals surface area contributed by atoms with Crippen LogP contribution >= 0.6 is 23.4 Å². The molecule has 6 nitrogen and oxygen atoms in total. The van der Waals surface area contributed by atoms with Gasteiger partial charge in [0.2, 0.25) is 0 Å². The van der Waals surface area contributed by atoms with Gasteiger partial charge >= 0.3 is 0 Å². The first-order valence-electron chi connectivity index (χ1n) is 9.67. The van der Waals surface area contributed by atoms with Crippen LogP contribution in [0.3, 0.4) is 0 Å². The van der Waals surface area contributed by atoms with E-state index in [1.165, 1.54) is 23.9 Å². The highest BCUT2D eigenvalue weighted by atomic mass is 35.5. The van der Waals surface area contributed by atoms with E-state index in [4.69, 9.17) is 16.3 Å². The van der Waals surface area contributed by atoms with Gasteiger partial charge in [0.05, 0.1) is 17.5 Å². The number of rotatable bonds is 6. The van der Waals surface area contributed by atoms with Crippen molar-refractivity contribution < 1.29 is 22.3 Å². The van der Waals surface area contributed by atoms with Crippen LogP contribution in [0.2, 0.25) is 5.02 Å². The SMILES string of the molecule is O=C(COc1ccc(Cl)cc1)N=C1SC2CS(=O)(=O)CC2N1CCc1ccc(F)cc1. The maximum absolute atomic E-state index is 13.2. The second kappa shape index (κ2) is 9.18. The molecule has 0 bridgehead atoms. The van der Waals surface area contributed by atoms with E-state index in [-0.39, 0.29) is 35.2 Å². The fraction of sp³-hybridized carbons (Fsp3) is 0.333. The number of nitrogens with zero attached hydrogens (tertiary/aromatic N) is 2. The van der Waals surface area contributed by atoms with E-state index in [2.05, 4.69) is 4.99 Å². The van der Waals surface area contributed by atoms with Gasteiger partial charge in [-0.2, -0.15) is 4.99 Å². The molecule has 2 saturated heterocycles. The van der Waals surface area contributed by atoms with Crippen LogP contribution in [-0.4, -0.2) is 60.3 Å². The van der Waals surface area contributed by atoms with Crippen LogP contribution in [-0.2, 0) is 21.1 Å². The van der Waals surface area contributed by atoms with Crippen LogP contribution in [0.15, 0.2) is 53.5 Å². The zero-order valence-electron chi connectivity index (χ0n) is 16.4. The molecule has 0 saturated carbocycles. The Morgan fingerprint density at radius 3 is 2.58 bits per heavy atom. The van der Waals surface area contributed by atoms with E-state index in [9.17, 15) is 17.6 Å². The average Bonchev–Trinajstić information content (AvgIpc) is 3.18. The molecule has 2 aliphatic heterocycles. The Balaban J connectivity index is 1.45. The number of fused-ring (bicyclic) bond motifs is 1. The first-order valence-corrected chi connectivity index (χ1v) is 12.7. The summed E-state index contributed by atoms with van der Waals surface area (Å²) in [7, 11) is -3.12. The molecular weight excluding hydrogens is 463 g/mol. The van der Waals surface area contributed by atoms with E-state index < -0.39 is 15.7 Å². The van der Waals surface area contributed by atoms with Gasteiger partial charge in [-0.05, 0) is 48.4 Å². The zero-order chi connectivity index (χ0) is 22.0. The van der Waals surface area contributed by atoms with Gasteiger partial charge in [0, 0.05) is 16.8 Å². The fourth-order valence-corrected chi connectivity index (χ4v) is 7.73. The molecule has 2 aliphatic rings. The Hall–Kier alpha value is -2.10. The Morgan fingerprint density at radius 1 is 1.16 bits per heavy atom. The van der Waals surface area contributed by atoms with Gasteiger partial charge in [0.15, 0.2) is 21.6 Å². The average molecular weight is 483 g/mol. The van der Waals surface area contributed by atoms with Crippen LogP contribution in [0, 0.1) is 5.82 Å². The summed E-state index contributed by atoms with van der Waals surface area (Å²) < 4.78 is 42.8. The van der Waals surface area contributed by atoms with E-state index in [0.29, 0.717) is 28.9 Å². The van der Waals surface area contributed by atoms with Gasteiger partial charge in [-0.1, -0.05) is 35.5 Å². The quantitative estimate of drug-likeness (QED) is 0.629. The molecule has 4 rings (SSSR count). The highest BCUT2D eigenvalue weighted by molar-refractivity contribution is 8.15. The van der Waals surface area contributed by atoms with Gasteiger partial charge in [-0.15, -0.1) is 0 Å². The number of hydrogen-bond donors (Lipinski definition) is 0. The summed E-state index contributed by atoms with van der Waals surface area (Å²) in [6.07, 6.45) is 0.582. The van der Waals surface area contributed by atoms with Crippen LogP contribution in [0.1, 0.15) is 5.56 Å². The second-order valence-electron chi connectivity index (χ2n) is 7.40. The molecule has 0 aliphatic carbocycles. The molecule has 164 valence electrons. The van der Waals surface area contributed by atoms with Crippen molar-refractivity contribution in [3.8, 4) is 5.75 Å². The van der Waals surface area contributed by atoms with E-state index in [1.54, 1.807) is 36.4 Å². The topological polar surface area (TPSA) is 76.0 Å². The molecule has 0 N–H and O–H groups in total. The van der Waals surface area contributed by atoms with Crippen molar-refractivity contribution in [2.45, 2.75) is 17.7 Å². The van der Waals surface area contributed by atoms with Crippen LogP contribution < -0.4 is 4.74 Å². The summed E-state index contributed by atoms with van der Waals surface area (Å²) in [6, 6.07) is 12.6. The normalized spacial score (nSPS) is 23.2. The number of hydrogen-bond acceptors (Lipinski definition) is 5. The predicted octanol–water partition coefficient (Wildman–Crippen LogP) is 3.20. The summed E-state index contributed by atoms with van der Waals surface area (Å²) >= 11 is 7.16. The van der Waals surface area contributed by atoms with Gasteiger partial charge in [0.1, 0.15) is 11.6 Å². The van der Waals surface area contributed by atoms with Crippen molar-refractivity contribution in [2.24, 2.45) is 4.99 Å². The number of carbonyl (C=O) groups excluding carboxylic acids is 1. The minimum atomic E-state index is -3.12. The highest BCUT2D eigenvalue weighted by Crippen LogP contribution is 2.38. The van der Waals surface area contributed by atoms with Gasteiger partial charge < -0.3 is 9.64 Å². The zero-order valence-corrected chi connectivity index (χ0v) is 18.8. The maximum Gasteiger partial charge on any atom is 0.285 e. The fourth-order valence-electron chi connectivity index (χ4n) is 3.61. The summed E-state index contributed by atoms with van der Waals surface area (Å²) in [5.41, 5.74) is 0.924. The molecule has 2 atom stereocenters. The van der Waals surface area contributed by atoms with Crippen molar-refractivity contribution in [3.63, 3.8) is 0 Å². The van der Waals surface area contributed by atoms with Crippen molar-refractivity contribution in [1.82, 2.24) is 4.90 Å². The number of aliphatic imine (C=N–C) groups is 1. The number of amidine groups is 1. The standard InChI is InChI=1S/C21H20ClFN2O4S2/c22-15-3-7-17(8-4-15)29-11-20(26)24-21-25(10-9-14-1-5-16(23)6-2-14)18-12-31(27,28)13-19(18)30-21/h1-8,18-19H,9-13H2. The third-order valence-corrected chi connectivity index (χ3v) is 8.63. The number of carbonyl (C=O) groups is 1. The molecule has 2 heterocycles. The van der Waals surface area contributed by atoms with Crippen LogP contribution in [0.5, 0.6) is 5.75 Å². The van der Waals surface area contributed by atoms with Crippen LogP contribution in [0.4, 0.5) is 4.39 Å². The number of benzene rings is 2. The highest BCUT2D eigenvalue weighted by Gasteiger charge is 2.48. The smallest absolute Gasteiger partial charge is 0.285 e. The molecule has 0 radical (unpaired) electrons. The van der Waals surface area contributed by atoms with Crippen LogP contribution in [0.25, 0.3) is 0 Å². The van der Waals surface area contributed by atoms with Crippen molar-refractivity contribution in [2.75, 3.05) is 24.7 Å². The lowest BCUT2D eigenvalue weighted by Crippen LogP contribution is -2.39. The monoisotopic (exact) mass is 482 g/mol. The first kappa shape index (κ1) is 22.1. The summed E-state index contributed by atoms with van der Waals surface area (Å²) in [4.78, 5) is 18.5. The summed E-state index contributed by atoms with van der Waals surface area (Å²) in [6.45, 7) is 0.255. The number of amides is 1. The lowest BCUT2D eigenvalue weighted by molar-refractivity contribution is -0.119. The maximum atomic E-state index is 13.2. The number of halogens is 2. The van der Waals surface area contributed by atoms with Crippen molar-refractivity contribution in [1.29, 1.82) is 0 Å². The second-order valence-corrected chi connectivity index (χ2v) is 11.2. The van der Waals surface area contributed by atoms with E-state index in [0.717, 1.165) is 5.56 Å². The lowest BCUT2D eigenvalue weighted by Gasteiger charge is -2.24. The third-order valence-electron chi connectivity index (χ3n) is 5.13. The molecule has 0 spiro atoms. The Bertz CT molecular complexity index is 1090. The minimum absolute atomic E-state index is 0.0442. The Labute approximate surface area is 189 Å². The Morgan fingerprint density at radius 2 is 1.87 bits per heavy atom. The number of sulfone groups is 1. The molecule has 2 unspecified atom stereocenters. The van der Waals surface area contributed by atoms with E-state index >= 15 is 0 Å². The van der Waals surface area contributed by atoms with Gasteiger partial charge in [-0.3, -0.25) is 4.79 Å². The molecule has 2 aromatic rings. The molecule has 1 amide bonds. The number of thioether (sulfide) groups is 1. The molecular formula is C21H20ClFN2O4S2. The molecule has 10 heteroatoms. The lowest BCUT2D eigenvalue weighted by atomic mass is 10.1. The van der Waals surface area contributed by atoms with Crippen molar-refractivity contribution in [3.05, 3.63) is 64.9 Å². The summed E-state index contributed by atoms with van der Waals surface area (Å²) in [5, 5.41) is 0.929. The molecule has 2 aromatic carbocycles. The molecule has 31 heavy (non-hydrogen) atoms. The number of ether oxygens (including phenoxy) is 1. The minimum Gasteiger partial charge on any atom is -0.484 e. The van der Waals surface area contributed by atoms with Gasteiger partial charge in [0.25, 0.3) is 5.91 Å². The van der Waals surface area contributed by atoms with Gasteiger partial charge in [-0.25, -0.2) is 12.8 Å². The molecule has 2 fully saturated rings. The Kier molecular flexibility index (Phi) is 6.55. The third kappa shape index (κ3) is 5.58. The largest absolute Gasteiger partial charge is 0.484 e. The molecule has 0 aromatic heterocycles. The summed E-state index contributed by atoms with van der Waals surface area (Å²) in [5.74, 6) is -0.136. The first-order chi connectivity index (χ1) is 14.8. The van der Waals surface area contributed by atoms with E-state index in [1.807, 2.05) is 4.90 Å².